The molecule has 0 aliphatic rings. The molecule has 2 aromatic rings. The lowest BCUT2D eigenvalue weighted by Gasteiger charge is -1.94. The Morgan fingerprint density at radius 2 is 2.11 bits per heavy atom. The molecule has 0 saturated heterocycles. The van der Waals surface area contributed by atoms with Gasteiger partial charge in [0.05, 0.1) is 11.3 Å². The van der Waals surface area contributed by atoms with Gasteiger partial charge in [-0.25, -0.2) is 4.79 Å². The Morgan fingerprint density at radius 1 is 1.39 bits per heavy atom. The molecule has 0 bridgehead atoms. The van der Waals surface area contributed by atoms with E-state index in [-0.39, 0.29) is 22.4 Å². The molecule has 18 heavy (non-hydrogen) atoms. The predicted molar refractivity (Wildman–Crippen MR) is 64.7 cm³/mol. The van der Waals surface area contributed by atoms with E-state index in [1.165, 1.54) is 6.07 Å². The van der Waals surface area contributed by atoms with Gasteiger partial charge in [-0.2, -0.15) is 0 Å². The van der Waals surface area contributed by atoms with Crippen molar-refractivity contribution in [1.29, 1.82) is 0 Å². The number of rotatable bonds is 3. The predicted octanol–water partition coefficient (Wildman–Crippen LogP) is 1.44. The van der Waals surface area contributed by atoms with Gasteiger partial charge in [-0.05, 0) is 12.1 Å². The summed E-state index contributed by atoms with van der Waals surface area (Å²) < 4.78 is 4.88. The zero-order valence-electron chi connectivity index (χ0n) is 9.51. The van der Waals surface area contributed by atoms with E-state index in [1.807, 2.05) is 0 Å². The molecule has 0 fully saturated rings. The summed E-state index contributed by atoms with van der Waals surface area (Å²) >= 11 is 0. The maximum atomic E-state index is 12.1. The molecule has 1 heterocycles. The van der Waals surface area contributed by atoms with Gasteiger partial charge in [0.1, 0.15) is 0 Å². The average Bonchev–Trinajstić information content (AvgIpc) is 2.75. The van der Waals surface area contributed by atoms with Gasteiger partial charge >= 0.3 is 5.97 Å². The normalized spacial score (nSPS) is 10.1. The van der Waals surface area contributed by atoms with E-state index in [1.54, 1.807) is 31.3 Å². The first-order chi connectivity index (χ1) is 8.63. The van der Waals surface area contributed by atoms with Crippen molar-refractivity contribution in [3.63, 3.8) is 0 Å². The minimum absolute atomic E-state index is 0.130. The molecule has 0 aliphatic carbocycles. The van der Waals surface area contributed by atoms with Crippen molar-refractivity contribution in [3.8, 4) is 11.3 Å². The maximum absolute atomic E-state index is 12.1. The highest BCUT2D eigenvalue weighted by Gasteiger charge is 2.14. The molecule has 0 amide bonds. The van der Waals surface area contributed by atoms with E-state index in [9.17, 15) is 9.59 Å². The van der Waals surface area contributed by atoms with Gasteiger partial charge in [0.2, 0.25) is 5.43 Å². The Bertz CT molecular complexity index is 649. The van der Waals surface area contributed by atoms with Crippen LogP contribution in [-0.2, 0) is 0 Å². The smallest absolute Gasteiger partial charge is 0.358 e. The summed E-state index contributed by atoms with van der Waals surface area (Å²) in [6.45, 7) is 0. The van der Waals surface area contributed by atoms with Crippen LogP contribution in [-0.4, -0.2) is 23.3 Å². The number of carboxylic acid groups (broad SMARTS) is 1. The summed E-state index contributed by atoms with van der Waals surface area (Å²) in [5.41, 5.74) is 0.130. The highest BCUT2D eigenvalue weighted by Crippen LogP contribution is 2.17. The SMILES string of the molecule is CNc1ccccc(-c2cc(C(=O)O)no2)c1=O. The molecule has 0 radical (unpaired) electrons. The van der Waals surface area contributed by atoms with E-state index in [0.29, 0.717) is 5.69 Å². The molecule has 0 unspecified atom stereocenters. The summed E-state index contributed by atoms with van der Waals surface area (Å²) in [5, 5.41) is 14.9. The summed E-state index contributed by atoms with van der Waals surface area (Å²) in [6.07, 6.45) is 0. The number of anilines is 1. The first-order valence-electron chi connectivity index (χ1n) is 5.15. The fraction of sp³-hybridized carbons (Fsp3) is 0.0833. The Hall–Kier alpha value is -2.63. The maximum Gasteiger partial charge on any atom is 0.358 e. The summed E-state index contributed by atoms with van der Waals surface area (Å²) in [6, 6.07) is 7.76. The number of hydrogen-bond donors (Lipinski definition) is 2. The molecule has 0 aliphatic heterocycles. The summed E-state index contributed by atoms with van der Waals surface area (Å²) in [7, 11) is 1.63. The van der Waals surface area contributed by atoms with Gasteiger partial charge < -0.3 is 14.9 Å². The van der Waals surface area contributed by atoms with Gasteiger partial charge in [-0.3, -0.25) is 4.79 Å². The largest absolute Gasteiger partial charge is 0.476 e. The second kappa shape index (κ2) is 4.70. The topological polar surface area (TPSA) is 92.4 Å². The molecular weight excluding hydrogens is 236 g/mol. The lowest BCUT2D eigenvalue weighted by molar-refractivity contribution is 0.0686. The number of nitrogens with zero attached hydrogens (tertiary/aromatic N) is 1. The Balaban J connectivity index is 2.61. The minimum atomic E-state index is -1.20. The van der Waals surface area contributed by atoms with Crippen molar-refractivity contribution < 1.29 is 14.4 Å². The molecule has 0 atom stereocenters. The minimum Gasteiger partial charge on any atom is -0.476 e. The second-order valence-corrected chi connectivity index (χ2v) is 3.51. The number of carbonyl (C=O) groups is 1. The molecule has 0 saturated carbocycles. The summed E-state index contributed by atoms with van der Waals surface area (Å²) in [5.74, 6) is -1.07. The van der Waals surface area contributed by atoms with Crippen molar-refractivity contribution in [2.45, 2.75) is 0 Å². The van der Waals surface area contributed by atoms with E-state index in [2.05, 4.69) is 10.5 Å². The van der Waals surface area contributed by atoms with Gasteiger partial charge in [0.25, 0.3) is 0 Å². The highest BCUT2D eigenvalue weighted by atomic mass is 16.5. The van der Waals surface area contributed by atoms with Crippen LogP contribution in [0.5, 0.6) is 0 Å². The monoisotopic (exact) mass is 246 g/mol. The van der Waals surface area contributed by atoms with Crippen LogP contribution in [0.3, 0.4) is 0 Å². The first kappa shape index (κ1) is 11.8. The second-order valence-electron chi connectivity index (χ2n) is 3.51. The molecule has 1 aromatic carbocycles. The Kier molecular flexibility index (Phi) is 3.09. The van der Waals surface area contributed by atoms with E-state index < -0.39 is 5.97 Å². The molecule has 0 spiro atoms. The molecule has 1 aromatic heterocycles. The van der Waals surface area contributed by atoms with E-state index in [0.717, 1.165) is 0 Å². The third kappa shape index (κ3) is 2.08. The van der Waals surface area contributed by atoms with Gasteiger partial charge in [-0.15, -0.1) is 0 Å². The lowest BCUT2D eigenvalue weighted by Crippen LogP contribution is -2.07. The lowest BCUT2D eigenvalue weighted by atomic mass is 10.2. The Labute approximate surface area is 102 Å². The van der Waals surface area contributed by atoms with Crippen LogP contribution in [0, 0.1) is 0 Å². The van der Waals surface area contributed by atoms with Crippen LogP contribution < -0.4 is 10.7 Å². The Morgan fingerprint density at radius 3 is 2.72 bits per heavy atom. The zero-order chi connectivity index (χ0) is 13.1. The summed E-state index contributed by atoms with van der Waals surface area (Å²) in [4.78, 5) is 22.8. The average molecular weight is 246 g/mol. The standard InChI is InChI=1S/C12H10N2O4/c1-13-8-5-3-2-4-7(11(8)15)10-6-9(12(16)17)14-18-10/h2-6H,1H3,(H,13,15)(H,16,17). The molecule has 2 rings (SSSR count). The van der Waals surface area contributed by atoms with Crippen LogP contribution in [0.1, 0.15) is 10.5 Å². The number of hydrogen-bond acceptors (Lipinski definition) is 5. The molecular formula is C12H10N2O4. The van der Waals surface area contributed by atoms with Crippen LogP contribution in [0.4, 0.5) is 5.69 Å². The van der Waals surface area contributed by atoms with E-state index >= 15 is 0 Å². The highest BCUT2D eigenvalue weighted by molar-refractivity contribution is 5.86. The fourth-order valence-corrected chi connectivity index (χ4v) is 1.49. The molecule has 6 heteroatoms. The van der Waals surface area contributed by atoms with Gasteiger partial charge in [0, 0.05) is 13.1 Å². The van der Waals surface area contributed by atoms with Crippen LogP contribution >= 0.6 is 0 Å². The van der Waals surface area contributed by atoms with Crippen molar-refractivity contribution in [2.24, 2.45) is 0 Å². The third-order valence-corrected chi connectivity index (χ3v) is 2.39. The van der Waals surface area contributed by atoms with Crippen molar-refractivity contribution in [2.75, 3.05) is 12.4 Å². The fourth-order valence-electron chi connectivity index (χ4n) is 1.49. The van der Waals surface area contributed by atoms with Crippen molar-refractivity contribution in [1.82, 2.24) is 5.16 Å². The van der Waals surface area contributed by atoms with Crippen LogP contribution in [0.2, 0.25) is 0 Å². The quantitative estimate of drug-likeness (QED) is 0.851. The van der Waals surface area contributed by atoms with Crippen LogP contribution in [0.25, 0.3) is 11.3 Å². The molecule has 2 N–H and O–H groups in total. The molecule has 6 nitrogen and oxygen atoms in total. The third-order valence-electron chi connectivity index (χ3n) is 2.39. The zero-order valence-corrected chi connectivity index (χ0v) is 9.51. The number of nitrogens with one attached hydrogen (secondary N) is 1. The number of aromatic nitrogens is 1. The number of aromatic carboxylic acids is 1. The van der Waals surface area contributed by atoms with E-state index in [4.69, 9.17) is 9.63 Å². The first-order valence-corrected chi connectivity index (χ1v) is 5.15. The van der Waals surface area contributed by atoms with Gasteiger partial charge in [-0.1, -0.05) is 17.3 Å². The van der Waals surface area contributed by atoms with Crippen molar-refractivity contribution in [3.05, 3.63) is 46.2 Å². The number of carboxylic acids is 1. The van der Waals surface area contributed by atoms with Crippen LogP contribution in [0.15, 0.2) is 39.6 Å². The molecule has 92 valence electrons. The van der Waals surface area contributed by atoms with Gasteiger partial charge in [0.15, 0.2) is 11.5 Å². The van der Waals surface area contributed by atoms with Crippen molar-refractivity contribution >= 4 is 11.7 Å².